The van der Waals surface area contributed by atoms with Gasteiger partial charge in [-0.25, -0.2) is 4.98 Å². The van der Waals surface area contributed by atoms with Crippen LogP contribution in [0.15, 0.2) is 6.07 Å². The summed E-state index contributed by atoms with van der Waals surface area (Å²) < 4.78 is 1.15. The minimum atomic E-state index is -0.0439. The van der Waals surface area contributed by atoms with Crippen molar-refractivity contribution in [1.82, 2.24) is 15.3 Å². The minimum absolute atomic E-state index is 0. The molecule has 0 atom stereocenters. The summed E-state index contributed by atoms with van der Waals surface area (Å²) in [5.74, 6) is -0.0439. The third-order valence-electron chi connectivity index (χ3n) is 4.11. The van der Waals surface area contributed by atoms with Gasteiger partial charge in [-0.3, -0.25) is 9.78 Å². The van der Waals surface area contributed by atoms with Crippen molar-refractivity contribution >= 4 is 56.2 Å². The fraction of sp³-hybridized carbons (Fsp3) is 0.353. The number of halogens is 1. The van der Waals surface area contributed by atoms with Crippen molar-refractivity contribution < 1.29 is 4.79 Å². The number of anilines is 1. The molecule has 2 N–H and O–H groups in total. The average molecular weight is 395 g/mol. The summed E-state index contributed by atoms with van der Waals surface area (Å²) in [6.07, 6.45) is 0.965. The van der Waals surface area contributed by atoms with Gasteiger partial charge in [0.2, 0.25) is 5.91 Å². The van der Waals surface area contributed by atoms with E-state index in [9.17, 15) is 4.79 Å². The number of amides is 1. The molecule has 0 spiro atoms. The van der Waals surface area contributed by atoms with Crippen LogP contribution in [0, 0.1) is 13.8 Å². The molecule has 25 heavy (non-hydrogen) atoms. The zero-order chi connectivity index (χ0) is 16.8. The number of carbonyl (C=O) groups excluding carboxylic acids is 1. The molecule has 5 nitrogen and oxygen atoms in total. The van der Waals surface area contributed by atoms with Crippen molar-refractivity contribution in [3.05, 3.63) is 27.9 Å². The maximum Gasteiger partial charge on any atom is 0.221 e. The van der Waals surface area contributed by atoms with Crippen LogP contribution in [0.2, 0.25) is 0 Å². The van der Waals surface area contributed by atoms with E-state index >= 15 is 0 Å². The monoisotopic (exact) mass is 394 g/mol. The van der Waals surface area contributed by atoms with E-state index in [-0.39, 0.29) is 18.3 Å². The third-order valence-corrected chi connectivity index (χ3v) is 6.28. The minimum Gasteiger partial charge on any atom is -0.317 e. The molecule has 8 heteroatoms. The van der Waals surface area contributed by atoms with Crippen LogP contribution < -0.4 is 10.6 Å². The van der Waals surface area contributed by atoms with E-state index in [0.29, 0.717) is 0 Å². The van der Waals surface area contributed by atoms with Crippen molar-refractivity contribution in [2.24, 2.45) is 0 Å². The normalized spacial score (nSPS) is 13.4. The summed E-state index contributed by atoms with van der Waals surface area (Å²) in [5.41, 5.74) is 5.35. The molecule has 3 aromatic heterocycles. The van der Waals surface area contributed by atoms with Gasteiger partial charge in [0.15, 0.2) is 0 Å². The Kier molecular flexibility index (Phi) is 5.11. The van der Waals surface area contributed by atoms with Crippen molar-refractivity contribution in [2.75, 3.05) is 11.9 Å². The lowest BCUT2D eigenvalue weighted by Crippen LogP contribution is -2.22. The van der Waals surface area contributed by atoms with Gasteiger partial charge in [0.1, 0.15) is 15.5 Å². The van der Waals surface area contributed by atoms with E-state index in [1.165, 1.54) is 10.4 Å². The number of hydrogen-bond acceptors (Lipinski definition) is 6. The smallest absolute Gasteiger partial charge is 0.221 e. The number of fused-ring (bicyclic) bond motifs is 2. The standard InChI is InChI=1S/C17H18N4OS2.ClH/c1-8-6-12-15(9(2)19-8)21-17(23-12)14-11-4-5-18-7-13(11)24-16(14)20-10(3)22;/h6,18H,4-5,7H2,1-3H3,(H,20,22);1H. The molecule has 0 bridgehead atoms. The Morgan fingerprint density at radius 3 is 2.84 bits per heavy atom. The molecular weight excluding hydrogens is 376 g/mol. The molecule has 132 valence electrons. The molecule has 3 aromatic rings. The Balaban J connectivity index is 0.00000182. The highest BCUT2D eigenvalue weighted by molar-refractivity contribution is 7.23. The Morgan fingerprint density at radius 2 is 2.08 bits per heavy atom. The molecule has 1 amide bonds. The summed E-state index contributed by atoms with van der Waals surface area (Å²) in [6.45, 7) is 7.38. The first-order valence-electron chi connectivity index (χ1n) is 7.91. The lowest BCUT2D eigenvalue weighted by atomic mass is 10.0. The summed E-state index contributed by atoms with van der Waals surface area (Å²) in [7, 11) is 0. The van der Waals surface area contributed by atoms with Gasteiger partial charge < -0.3 is 10.6 Å². The molecular formula is C17H19ClN4OS2. The Labute approximate surface area is 160 Å². The highest BCUT2D eigenvalue weighted by atomic mass is 35.5. The largest absolute Gasteiger partial charge is 0.317 e. The second-order valence-electron chi connectivity index (χ2n) is 6.03. The van der Waals surface area contributed by atoms with Crippen LogP contribution in [0.3, 0.4) is 0 Å². The number of nitrogens with one attached hydrogen (secondary N) is 2. The summed E-state index contributed by atoms with van der Waals surface area (Å²) >= 11 is 3.34. The van der Waals surface area contributed by atoms with Crippen LogP contribution in [0.25, 0.3) is 20.8 Å². The predicted molar refractivity (Wildman–Crippen MR) is 107 cm³/mol. The molecule has 4 heterocycles. The molecule has 0 unspecified atom stereocenters. The fourth-order valence-electron chi connectivity index (χ4n) is 3.14. The zero-order valence-corrected chi connectivity index (χ0v) is 16.7. The fourth-order valence-corrected chi connectivity index (χ4v) is 5.67. The van der Waals surface area contributed by atoms with Gasteiger partial charge >= 0.3 is 0 Å². The number of carbonyl (C=O) groups is 1. The molecule has 4 rings (SSSR count). The van der Waals surface area contributed by atoms with Crippen molar-refractivity contribution in [2.45, 2.75) is 33.7 Å². The van der Waals surface area contributed by atoms with Crippen molar-refractivity contribution in [3.8, 4) is 10.6 Å². The van der Waals surface area contributed by atoms with Crippen LogP contribution in [0.1, 0.15) is 28.8 Å². The SMILES string of the molecule is CC(=O)Nc1sc2c(c1-c1nc3c(C)nc(C)cc3s1)CCNC2.Cl. The van der Waals surface area contributed by atoms with Crippen molar-refractivity contribution in [1.29, 1.82) is 0 Å². The molecule has 0 saturated carbocycles. The molecule has 0 saturated heterocycles. The topological polar surface area (TPSA) is 66.9 Å². The molecule has 0 fully saturated rings. The number of aromatic nitrogens is 2. The van der Waals surface area contributed by atoms with Gasteiger partial charge in [-0.05, 0) is 38.4 Å². The number of thiophene rings is 1. The highest BCUT2D eigenvalue weighted by Crippen LogP contribution is 2.45. The number of hydrogen-bond donors (Lipinski definition) is 2. The molecule has 1 aliphatic rings. The maximum absolute atomic E-state index is 11.6. The van der Waals surface area contributed by atoms with Crippen LogP contribution in [0.4, 0.5) is 5.00 Å². The van der Waals surface area contributed by atoms with E-state index in [2.05, 4.69) is 21.7 Å². The lowest BCUT2D eigenvalue weighted by molar-refractivity contribution is -0.114. The molecule has 0 radical (unpaired) electrons. The van der Waals surface area contributed by atoms with Gasteiger partial charge in [0, 0.05) is 29.6 Å². The number of pyridine rings is 1. The van der Waals surface area contributed by atoms with E-state index in [0.717, 1.165) is 56.7 Å². The first kappa shape index (κ1) is 18.3. The summed E-state index contributed by atoms with van der Waals surface area (Å²) in [5, 5.41) is 8.29. The predicted octanol–water partition coefficient (Wildman–Crippen LogP) is 4.06. The molecule has 0 aliphatic carbocycles. The van der Waals surface area contributed by atoms with Gasteiger partial charge in [-0.2, -0.15) is 0 Å². The van der Waals surface area contributed by atoms with Crippen LogP contribution in [-0.2, 0) is 17.8 Å². The summed E-state index contributed by atoms with van der Waals surface area (Å²) in [4.78, 5) is 22.3. The number of rotatable bonds is 2. The first-order chi connectivity index (χ1) is 11.5. The van der Waals surface area contributed by atoms with Gasteiger partial charge in [-0.15, -0.1) is 35.1 Å². The van der Waals surface area contributed by atoms with Gasteiger partial charge in [-0.1, -0.05) is 0 Å². The lowest BCUT2D eigenvalue weighted by Gasteiger charge is -2.13. The summed E-state index contributed by atoms with van der Waals surface area (Å²) in [6, 6.07) is 2.09. The second kappa shape index (κ2) is 6.99. The maximum atomic E-state index is 11.6. The Hall–Kier alpha value is -1.54. The first-order valence-corrected chi connectivity index (χ1v) is 9.54. The Morgan fingerprint density at radius 1 is 1.28 bits per heavy atom. The second-order valence-corrected chi connectivity index (χ2v) is 8.17. The van der Waals surface area contributed by atoms with Gasteiger partial charge in [0.05, 0.1) is 10.4 Å². The van der Waals surface area contributed by atoms with Crippen LogP contribution in [-0.4, -0.2) is 22.4 Å². The molecule has 1 aliphatic heterocycles. The van der Waals surface area contributed by atoms with E-state index in [4.69, 9.17) is 4.98 Å². The Bertz CT molecular complexity index is 963. The number of thiazole rings is 1. The number of nitrogens with zero attached hydrogens (tertiary/aromatic N) is 2. The highest BCUT2D eigenvalue weighted by Gasteiger charge is 2.24. The number of aryl methyl sites for hydroxylation is 2. The van der Waals surface area contributed by atoms with E-state index in [1.807, 2.05) is 13.8 Å². The van der Waals surface area contributed by atoms with Crippen LogP contribution in [0.5, 0.6) is 0 Å². The average Bonchev–Trinajstić information content (AvgIpc) is 3.06. The van der Waals surface area contributed by atoms with E-state index < -0.39 is 0 Å². The van der Waals surface area contributed by atoms with E-state index in [1.54, 1.807) is 29.6 Å². The zero-order valence-electron chi connectivity index (χ0n) is 14.2. The molecule has 0 aromatic carbocycles. The third kappa shape index (κ3) is 3.29. The van der Waals surface area contributed by atoms with Crippen molar-refractivity contribution in [3.63, 3.8) is 0 Å². The van der Waals surface area contributed by atoms with Crippen LogP contribution >= 0.6 is 35.1 Å². The quantitative estimate of drug-likeness (QED) is 0.687. The van der Waals surface area contributed by atoms with Gasteiger partial charge in [0.25, 0.3) is 0 Å².